The first kappa shape index (κ1) is 41.1. The number of hydrogen-bond donors (Lipinski definition) is 0. The van der Waals surface area contributed by atoms with Crippen LogP contribution in [-0.4, -0.2) is 11.1 Å². The van der Waals surface area contributed by atoms with Gasteiger partial charge < -0.3 is 9.80 Å². The Morgan fingerprint density at radius 2 is 0.940 bits per heavy atom. The lowest BCUT2D eigenvalue weighted by Crippen LogP contribution is -2.56. The zero-order valence-corrected chi connectivity index (χ0v) is 40.4. The highest BCUT2D eigenvalue weighted by molar-refractivity contribution is 6.18. The monoisotopic (exact) mass is 873 g/mol. The van der Waals surface area contributed by atoms with Crippen LogP contribution in [0.3, 0.4) is 0 Å². The van der Waals surface area contributed by atoms with Gasteiger partial charge in [0, 0.05) is 33.6 Å². The van der Waals surface area contributed by atoms with E-state index in [0.29, 0.717) is 0 Å². The molecule has 6 atom stereocenters. The third-order valence-corrected chi connectivity index (χ3v) is 19.2. The zero-order chi connectivity index (χ0) is 45.5. The Morgan fingerprint density at radius 1 is 0.463 bits per heavy atom. The molecular weight excluding hydrogens is 809 g/mol. The third-order valence-electron chi connectivity index (χ3n) is 19.2. The van der Waals surface area contributed by atoms with Crippen molar-refractivity contribution in [1.29, 1.82) is 0 Å². The van der Waals surface area contributed by atoms with Crippen molar-refractivity contribution < 1.29 is 0 Å². The molecule has 0 bridgehead atoms. The first-order valence-electron chi connectivity index (χ1n) is 25.7. The molecular formula is C65H64N2. The molecule has 0 amide bonds. The summed E-state index contributed by atoms with van der Waals surface area (Å²) in [5.74, 6) is 1.51. The van der Waals surface area contributed by atoms with Gasteiger partial charge in [-0.3, -0.25) is 0 Å². The number of fused-ring (bicyclic) bond motifs is 14. The Morgan fingerprint density at radius 3 is 1.49 bits per heavy atom. The maximum Gasteiger partial charge on any atom is 0.0518 e. The van der Waals surface area contributed by atoms with Crippen LogP contribution in [0.15, 0.2) is 158 Å². The smallest absolute Gasteiger partial charge is 0.0518 e. The first-order chi connectivity index (χ1) is 32.6. The molecule has 0 aromatic heterocycles. The minimum absolute atomic E-state index is 0.0212. The number of nitrogens with zero attached hydrogens (tertiary/aromatic N) is 2. The Balaban J connectivity index is 0.892. The van der Waals surface area contributed by atoms with Crippen molar-refractivity contribution in [1.82, 2.24) is 0 Å². The van der Waals surface area contributed by atoms with Gasteiger partial charge in [-0.05, 0) is 202 Å². The van der Waals surface area contributed by atoms with Crippen LogP contribution in [0, 0.1) is 11.8 Å². The molecule has 8 aromatic rings. The highest BCUT2D eigenvalue weighted by Gasteiger charge is 2.60. The standard InChI is InChI=1S/C65H64N2/c1-7-42-31-33-64(5)62(3,40-42)57-38-46(25-29-59(57)66(64)49-17-11-9-12-18-49)44-23-27-51-48(35-44)37-56-53-28-24-45(36-55(53)52-21-15-16-22-54(52)61(51)56)47-26-30-60-58(39-47)63(4)41-43(8-2)32-34-65(63,6)67(60)50-19-13-10-14-20-50/h9-30,35-36,38-39,42-43H,7-8,31-34,37,40-41H2,1-6H3. The second-order valence-corrected chi connectivity index (χ2v) is 22.3. The molecule has 8 aromatic carbocycles. The van der Waals surface area contributed by atoms with Crippen LogP contribution < -0.4 is 9.80 Å². The summed E-state index contributed by atoms with van der Waals surface area (Å²) in [5, 5.41) is 5.46. The summed E-state index contributed by atoms with van der Waals surface area (Å²) in [6.45, 7) is 15.1. The zero-order valence-electron chi connectivity index (χ0n) is 40.4. The third kappa shape index (κ3) is 5.62. The van der Waals surface area contributed by atoms with E-state index in [1.165, 1.54) is 151 Å². The molecule has 2 heteroatoms. The predicted molar refractivity (Wildman–Crippen MR) is 285 cm³/mol. The van der Waals surface area contributed by atoms with E-state index in [1.807, 2.05) is 0 Å². The van der Waals surface area contributed by atoms with Crippen LogP contribution in [-0.2, 0) is 17.3 Å². The van der Waals surface area contributed by atoms with E-state index in [2.05, 4.69) is 209 Å². The Kier molecular flexibility index (Phi) is 9.01. The lowest BCUT2D eigenvalue weighted by molar-refractivity contribution is 0.143. The van der Waals surface area contributed by atoms with Crippen LogP contribution in [0.2, 0.25) is 0 Å². The fourth-order valence-electron chi connectivity index (χ4n) is 15.1. The summed E-state index contributed by atoms with van der Waals surface area (Å²) in [7, 11) is 0. The first-order valence-corrected chi connectivity index (χ1v) is 25.7. The average molecular weight is 873 g/mol. The van der Waals surface area contributed by atoms with Crippen LogP contribution in [0.5, 0.6) is 0 Å². The molecule has 0 saturated heterocycles. The van der Waals surface area contributed by atoms with Gasteiger partial charge in [-0.1, -0.05) is 144 Å². The molecule has 2 heterocycles. The second kappa shape index (κ2) is 14.7. The lowest BCUT2D eigenvalue weighted by Gasteiger charge is -2.52. The molecule has 13 rings (SSSR count). The molecule has 0 N–H and O–H groups in total. The SMILES string of the molecule is CCC1CCC2(C)N(c3ccccc3)c3ccc(-c4ccc5c(c4)Cc4c-5c5ccccc5c5cc(-c6ccc7c(c6)C6(C)CC(CC)CCC6(C)N7c6ccccc6)ccc45)cc3C2(C)C1. The van der Waals surface area contributed by atoms with E-state index >= 15 is 0 Å². The quantitative estimate of drug-likeness (QED) is 0.154. The molecule has 0 spiro atoms. The lowest BCUT2D eigenvalue weighted by atomic mass is 9.58. The molecule has 2 saturated carbocycles. The molecule has 6 unspecified atom stereocenters. The Bertz CT molecular complexity index is 3290. The molecule has 2 nitrogen and oxygen atoms in total. The van der Waals surface area contributed by atoms with Gasteiger partial charge >= 0.3 is 0 Å². The summed E-state index contributed by atoms with van der Waals surface area (Å²) in [6.07, 6.45) is 10.9. The summed E-state index contributed by atoms with van der Waals surface area (Å²) >= 11 is 0. The van der Waals surface area contributed by atoms with Gasteiger partial charge in [0.2, 0.25) is 0 Å². The topological polar surface area (TPSA) is 6.48 Å². The Hall–Kier alpha value is -6.12. The van der Waals surface area contributed by atoms with E-state index in [1.54, 1.807) is 0 Å². The highest BCUT2D eigenvalue weighted by Crippen LogP contribution is 2.64. The van der Waals surface area contributed by atoms with Crippen molar-refractivity contribution in [2.24, 2.45) is 11.8 Å². The van der Waals surface area contributed by atoms with Crippen molar-refractivity contribution in [3.05, 3.63) is 180 Å². The van der Waals surface area contributed by atoms with Gasteiger partial charge in [0.15, 0.2) is 0 Å². The van der Waals surface area contributed by atoms with E-state index in [-0.39, 0.29) is 21.9 Å². The van der Waals surface area contributed by atoms with Crippen molar-refractivity contribution in [2.45, 2.75) is 121 Å². The minimum Gasteiger partial charge on any atom is -0.334 e. The number of benzene rings is 8. The van der Waals surface area contributed by atoms with Gasteiger partial charge in [0.1, 0.15) is 0 Å². The molecule has 2 aliphatic heterocycles. The van der Waals surface area contributed by atoms with Crippen LogP contribution in [0.4, 0.5) is 22.7 Å². The number of anilines is 4. The molecule has 2 fully saturated rings. The number of hydrogen-bond acceptors (Lipinski definition) is 2. The van der Waals surface area contributed by atoms with Crippen molar-refractivity contribution >= 4 is 44.3 Å². The van der Waals surface area contributed by atoms with E-state index in [0.717, 1.165) is 18.3 Å². The van der Waals surface area contributed by atoms with Gasteiger partial charge in [-0.15, -0.1) is 0 Å². The number of rotatable bonds is 6. The van der Waals surface area contributed by atoms with Crippen molar-refractivity contribution in [3.63, 3.8) is 0 Å². The average Bonchev–Trinajstić information content (AvgIpc) is 3.92. The highest BCUT2D eigenvalue weighted by atomic mass is 15.3. The van der Waals surface area contributed by atoms with Crippen LogP contribution in [0.25, 0.3) is 54.9 Å². The van der Waals surface area contributed by atoms with E-state index in [4.69, 9.17) is 0 Å². The van der Waals surface area contributed by atoms with Crippen molar-refractivity contribution in [3.8, 4) is 33.4 Å². The fourth-order valence-corrected chi connectivity index (χ4v) is 15.1. The Labute approximate surface area is 398 Å². The summed E-state index contributed by atoms with van der Waals surface area (Å²) in [6, 6.07) is 61.2. The maximum absolute atomic E-state index is 2.71. The van der Waals surface area contributed by atoms with Gasteiger partial charge in [-0.25, -0.2) is 0 Å². The largest absolute Gasteiger partial charge is 0.334 e. The summed E-state index contributed by atoms with van der Waals surface area (Å²) in [5.41, 5.74) is 19.6. The van der Waals surface area contributed by atoms with Crippen LogP contribution >= 0.6 is 0 Å². The summed E-state index contributed by atoms with van der Waals surface area (Å²) < 4.78 is 0. The normalized spacial score (nSPS) is 26.8. The molecule has 5 aliphatic rings. The fraction of sp³-hybridized carbons (Fsp3) is 0.323. The van der Waals surface area contributed by atoms with Gasteiger partial charge in [-0.2, -0.15) is 0 Å². The maximum atomic E-state index is 2.71. The van der Waals surface area contributed by atoms with E-state index < -0.39 is 0 Å². The second-order valence-electron chi connectivity index (χ2n) is 22.3. The molecule has 3 aliphatic carbocycles. The molecule has 0 radical (unpaired) electrons. The number of para-hydroxylation sites is 2. The van der Waals surface area contributed by atoms with Gasteiger partial charge in [0.05, 0.1) is 11.1 Å². The molecule has 334 valence electrons. The predicted octanol–water partition coefficient (Wildman–Crippen LogP) is 17.7. The summed E-state index contributed by atoms with van der Waals surface area (Å²) in [4.78, 5) is 5.41. The molecule has 67 heavy (non-hydrogen) atoms. The van der Waals surface area contributed by atoms with Crippen molar-refractivity contribution in [2.75, 3.05) is 9.80 Å². The van der Waals surface area contributed by atoms with Gasteiger partial charge in [0.25, 0.3) is 0 Å². The van der Waals surface area contributed by atoms with Crippen LogP contribution in [0.1, 0.15) is 115 Å². The minimum atomic E-state index is 0.0212. The van der Waals surface area contributed by atoms with E-state index in [9.17, 15) is 0 Å².